The molecule has 0 amide bonds. The highest BCUT2D eigenvalue weighted by molar-refractivity contribution is 5.85. The number of fused-ring (bicyclic) bond motifs is 1. The molecule has 0 atom stereocenters. The van der Waals surface area contributed by atoms with Crippen LogP contribution in [0.4, 0.5) is 5.82 Å². The van der Waals surface area contributed by atoms with Crippen molar-refractivity contribution < 1.29 is 0 Å². The third kappa shape index (κ3) is 3.52. The van der Waals surface area contributed by atoms with Crippen molar-refractivity contribution in [3.05, 3.63) is 60.0 Å². The fourth-order valence-corrected chi connectivity index (χ4v) is 3.73. The van der Waals surface area contributed by atoms with Gasteiger partial charge in [-0.15, -0.1) is 0 Å². The highest BCUT2D eigenvalue weighted by atomic mass is 15.3. The summed E-state index contributed by atoms with van der Waals surface area (Å²) in [7, 11) is 0. The summed E-state index contributed by atoms with van der Waals surface area (Å²) in [5, 5.41) is 14.3. The van der Waals surface area contributed by atoms with Gasteiger partial charge in [-0.05, 0) is 51.1 Å². The number of nitriles is 1. The van der Waals surface area contributed by atoms with Crippen LogP contribution in [0.5, 0.6) is 0 Å². The maximum atomic E-state index is 9.67. The van der Waals surface area contributed by atoms with E-state index in [4.69, 9.17) is 4.98 Å². The summed E-state index contributed by atoms with van der Waals surface area (Å²) in [6.07, 6.45) is 3.84. The summed E-state index contributed by atoms with van der Waals surface area (Å²) in [5.74, 6) is 1.74. The third-order valence-corrected chi connectivity index (χ3v) is 5.32. The monoisotopic (exact) mass is 399 g/mol. The second-order valence-corrected chi connectivity index (χ2v) is 7.05. The van der Waals surface area contributed by atoms with Gasteiger partial charge in [0.15, 0.2) is 0 Å². The summed E-state index contributed by atoms with van der Waals surface area (Å²) in [6.45, 7) is 9.48. The van der Waals surface area contributed by atoms with Gasteiger partial charge in [0.1, 0.15) is 17.7 Å². The molecule has 0 N–H and O–H groups in total. The zero-order valence-corrected chi connectivity index (χ0v) is 17.6. The Labute approximate surface area is 176 Å². The predicted octanol–water partition coefficient (Wildman–Crippen LogP) is 4.08. The maximum absolute atomic E-state index is 9.67. The topological polar surface area (TPSA) is 75.6 Å². The van der Waals surface area contributed by atoms with Crippen LogP contribution in [-0.4, -0.2) is 37.4 Å². The van der Waals surface area contributed by atoms with Crippen LogP contribution in [0.25, 0.3) is 22.4 Å². The van der Waals surface area contributed by atoms with Crippen LogP contribution in [0.15, 0.2) is 48.8 Å². The summed E-state index contributed by atoms with van der Waals surface area (Å²) < 4.78 is 3.98. The lowest BCUT2D eigenvalue weighted by Crippen LogP contribution is -2.22. The van der Waals surface area contributed by atoms with Crippen molar-refractivity contribution in [3.8, 4) is 17.5 Å². The second-order valence-electron chi connectivity index (χ2n) is 7.05. The van der Waals surface area contributed by atoms with E-state index in [-0.39, 0.29) is 0 Å². The molecule has 0 saturated heterocycles. The Morgan fingerprint density at radius 2 is 1.90 bits per heavy atom. The number of aryl methyl sites for hydroxylation is 1. The van der Waals surface area contributed by atoms with Gasteiger partial charge in [0.25, 0.3) is 0 Å². The van der Waals surface area contributed by atoms with Gasteiger partial charge in [0.2, 0.25) is 0 Å². The Kier molecular flexibility index (Phi) is 5.48. The Balaban J connectivity index is 1.84. The fraction of sp³-hybridized carbons (Fsp3) is 0.304. The van der Waals surface area contributed by atoms with E-state index >= 15 is 0 Å². The first-order valence-electron chi connectivity index (χ1n) is 10.3. The fourth-order valence-electron chi connectivity index (χ4n) is 3.73. The van der Waals surface area contributed by atoms with Gasteiger partial charge in [-0.3, -0.25) is 4.68 Å². The number of benzene rings is 1. The molecule has 0 fully saturated rings. The smallest absolute Gasteiger partial charge is 0.143 e. The molecule has 3 aromatic heterocycles. The zero-order valence-electron chi connectivity index (χ0n) is 17.6. The van der Waals surface area contributed by atoms with E-state index in [2.05, 4.69) is 52.5 Å². The van der Waals surface area contributed by atoms with E-state index in [1.165, 1.54) is 0 Å². The molecule has 0 unspecified atom stereocenters. The largest absolute Gasteiger partial charge is 0.357 e. The molecule has 3 heterocycles. The number of hydrogen-bond acceptors (Lipinski definition) is 5. The molecule has 7 nitrogen and oxygen atoms in total. The van der Waals surface area contributed by atoms with Gasteiger partial charge in [0, 0.05) is 37.6 Å². The van der Waals surface area contributed by atoms with Gasteiger partial charge in [-0.2, -0.15) is 10.4 Å². The Hall–Kier alpha value is -3.66. The molecule has 0 bridgehead atoms. The van der Waals surface area contributed by atoms with Crippen molar-refractivity contribution in [1.82, 2.24) is 24.3 Å². The van der Waals surface area contributed by atoms with Crippen LogP contribution in [0.2, 0.25) is 0 Å². The maximum Gasteiger partial charge on any atom is 0.143 e. The zero-order chi connectivity index (χ0) is 21.1. The molecular weight excluding hydrogens is 374 g/mol. The van der Waals surface area contributed by atoms with Crippen LogP contribution in [-0.2, 0) is 13.1 Å². The molecule has 7 heteroatoms. The summed E-state index contributed by atoms with van der Waals surface area (Å²) >= 11 is 0. The van der Waals surface area contributed by atoms with Gasteiger partial charge < -0.3 is 9.47 Å². The summed E-state index contributed by atoms with van der Waals surface area (Å²) in [6, 6.07) is 14.0. The molecule has 30 heavy (non-hydrogen) atoms. The van der Waals surface area contributed by atoms with E-state index in [1.807, 2.05) is 47.4 Å². The first kappa shape index (κ1) is 19.6. The highest BCUT2D eigenvalue weighted by Crippen LogP contribution is 2.28. The molecule has 0 aliphatic rings. The number of aromatic nitrogens is 5. The van der Waals surface area contributed by atoms with Crippen molar-refractivity contribution in [2.24, 2.45) is 0 Å². The molecule has 0 saturated carbocycles. The number of pyridine rings is 1. The van der Waals surface area contributed by atoms with Crippen molar-refractivity contribution >= 4 is 16.9 Å². The number of hydrogen-bond donors (Lipinski definition) is 0. The lowest BCUT2D eigenvalue weighted by Gasteiger charge is -2.19. The SMILES string of the molecule is CCN(CC)c1ccc(-c2nc3cccc(C#N)c3n2Cc2ccn(CC)n2)cn1. The van der Waals surface area contributed by atoms with Gasteiger partial charge in [0.05, 0.1) is 28.8 Å². The number of nitrogens with zero attached hydrogens (tertiary/aromatic N) is 7. The second kappa shape index (κ2) is 8.37. The highest BCUT2D eigenvalue weighted by Gasteiger charge is 2.17. The van der Waals surface area contributed by atoms with Crippen LogP contribution < -0.4 is 4.90 Å². The first-order chi connectivity index (χ1) is 14.7. The van der Waals surface area contributed by atoms with E-state index in [0.29, 0.717) is 12.1 Å². The lowest BCUT2D eigenvalue weighted by atomic mass is 10.2. The number of anilines is 1. The molecule has 0 aliphatic heterocycles. The average Bonchev–Trinajstić information content (AvgIpc) is 3.40. The van der Waals surface area contributed by atoms with Gasteiger partial charge in [-0.25, -0.2) is 9.97 Å². The summed E-state index contributed by atoms with van der Waals surface area (Å²) in [4.78, 5) is 11.7. The predicted molar refractivity (Wildman–Crippen MR) is 118 cm³/mol. The van der Waals surface area contributed by atoms with Crippen LogP contribution >= 0.6 is 0 Å². The lowest BCUT2D eigenvalue weighted by molar-refractivity contribution is 0.639. The number of rotatable bonds is 7. The average molecular weight is 400 g/mol. The minimum absolute atomic E-state index is 0.537. The molecule has 1 aromatic carbocycles. The van der Waals surface area contributed by atoms with Crippen LogP contribution in [0.3, 0.4) is 0 Å². The van der Waals surface area contributed by atoms with E-state index in [0.717, 1.165) is 53.6 Å². The van der Waals surface area contributed by atoms with Crippen molar-refractivity contribution in [2.45, 2.75) is 33.9 Å². The first-order valence-corrected chi connectivity index (χ1v) is 10.3. The number of para-hydroxylation sites is 1. The van der Waals surface area contributed by atoms with E-state index < -0.39 is 0 Å². The molecule has 4 aromatic rings. The Morgan fingerprint density at radius 3 is 2.53 bits per heavy atom. The van der Waals surface area contributed by atoms with E-state index in [1.54, 1.807) is 0 Å². The van der Waals surface area contributed by atoms with Crippen LogP contribution in [0, 0.1) is 11.3 Å². The molecule has 0 spiro atoms. The Bertz CT molecular complexity index is 1190. The minimum atomic E-state index is 0.537. The van der Waals surface area contributed by atoms with Gasteiger partial charge >= 0.3 is 0 Å². The van der Waals surface area contributed by atoms with Gasteiger partial charge in [-0.1, -0.05) is 6.07 Å². The minimum Gasteiger partial charge on any atom is -0.357 e. The summed E-state index contributed by atoms with van der Waals surface area (Å²) in [5.41, 5.74) is 4.08. The molecule has 0 aliphatic carbocycles. The molecule has 4 rings (SSSR count). The van der Waals surface area contributed by atoms with E-state index in [9.17, 15) is 5.26 Å². The van der Waals surface area contributed by atoms with Crippen LogP contribution in [0.1, 0.15) is 32.0 Å². The molecular formula is C23H25N7. The van der Waals surface area contributed by atoms with Crippen molar-refractivity contribution in [2.75, 3.05) is 18.0 Å². The van der Waals surface area contributed by atoms with Crippen molar-refractivity contribution in [1.29, 1.82) is 5.26 Å². The third-order valence-electron chi connectivity index (χ3n) is 5.32. The quantitative estimate of drug-likeness (QED) is 0.468. The van der Waals surface area contributed by atoms with Crippen molar-refractivity contribution in [3.63, 3.8) is 0 Å². The molecule has 0 radical (unpaired) electrons. The number of imidazole rings is 1. The molecule has 152 valence electrons. The normalized spacial score (nSPS) is 11.0. The Morgan fingerprint density at radius 1 is 1.07 bits per heavy atom. The standard InChI is InChI=1S/C23H25N7/c1-4-28(5-2)21-11-10-18(15-25-21)23-26-20-9-7-8-17(14-24)22(20)30(23)16-19-12-13-29(6-3)27-19/h7-13,15H,4-6,16H2,1-3H3.